The summed E-state index contributed by atoms with van der Waals surface area (Å²) in [4.78, 5) is 20.5. The average Bonchev–Trinajstić information content (AvgIpc) is 2.51. The van der Waals surface area contributed by atoms with Crippen LogP contribution < -0.4 is 16.4 Å². The van der Waals surface area contributed by atoms with Crippen LogP contribution in [0, 0.1) is 15.9 Å². The van der Waals surface area contributed by atoms with Crippen molar-refractivity contribution < 1.29 is 9.31 Å². The number of rotatable bonds is 2. The summed E-state index contributed by atoms with van der Waals surface area (Å²) < 4.78 is 14.0. The molecule has 0 aromatic heterocycles. The lowest BCUT2D eigenvalue weighted by Gasteiger charge is -2.45. The van der Waals surface area contributed by atoms with Gasteiger partial charge >= 0.3 is 0 Å². The van der Waals surface area contributed by atoms with Crippen molar-refractivity contribution in [3.05, 3.63) is 33.1 Å². The van der Waals surface area contributed by atoms with E-state index >= 15 is 0 Å². The van der Waals surface area contributed by atoms with E-state index in [-0.39, 0.29) is 28.3 Å². The van der Waals surface area contributed by atoms with Gasteiger partial charge in [-0.25, -0.2) is 9.38 Å². The SMILES string of the molecule is NC1=NC2(CCCCC2)N(c2c([N+](=O)[O-])ccc(F)c2Cl)C(N)=N1. The summed E-state index contributed by atoms with van der Waals surface area (Å²) in [5.41, 5.74) is 10.3. The number of nitro benzene ring substituents is 1. The lowest BCUT2D eigenvalue weighted by Crippen LogP contribution is -2.58. The van der Waals surface area contributed by atoms with Crippen molar-refractivity contribution in [2.45, 2.75) is 37.8 Å². The van der Waals surface area contributed by atoms with Gasteiger partial charge in [-0.2, -0.15) is 4.99 Å². The largest absolute Gasteiger partial charge is 0.369 e. The number of halogens is 2. The number of hydrogen-bond donors (Lipinski definition) is 2. The first-order chi connectivity index (χ1) is 11.4. The first kappa shape index (κ1) is 16.4. The van der Waals surface area contributed by atoms with Crippen LogP contribution in [-0.4, -0.2) is 22.5 Å². The molecule has 24 heavy (non-hydrogen) atoms. The van der Waals surface area contributed by atoms with Crippen LogP contribution in [0.3, 0.4) is 0 Å². The Balaban J connectivity index is 2.25. The number of benzene rings is 1. The van der Waals surface area contributed by atoms with Gasteiger partial charge in [0.15, 0.2) is 0 Å². The van der Waals surface area contributed by atoms with Crippen molar-refractivity contribution in [2.24, 2.45) is 21.5 Å². The smallest absolute Gasteiger partial charge is 0.294 e. The quantitative estimate of drug-likeness (QED) is 0.623. The molecule has 4 N–H and O–H groups in total. The van der Waals surface area contributed by atoms with E-state index in [2.05, 4.69) is 9.98 Å². The highest BCUT2D eigenvalue weighted by Crippen LogP contribution is 2.46. The van der Waals surface area contributed by atoms with Gasteiger partial charge in [0.05, 0.1) is 4.92 Å². The van der Waals surface area contributed by atoms with Crippen LogP contribution in [-0.2, 0) is 0 Å². The van der Waals surface area contributed by atoms with E-state index in [1.807, 2.05) is 0 Å². The number of nitro groups is 1. The molecule has 3 rings (SSSR count). The van der Waals surface area contributed by atoms with Crippen molar-refractivity contribution in [1.82, 2.24) is 0 Å². The Hall–Kier alpha value is -2.42. The topological polar surface area (TPSA) is 123 Å². The van der Waals surface area contributed by atoms with Crippen LogP contribution in [0.25, 0.3) is 0 Å². The molecule has 0 unspecified atom stereocenters. The van der Waals surface area contributed by atoms with Gasteiger partial charge in [-0.05, 0) is 31.7 Å². The Morgan fingerprint density at radius 1 is 1.29 bits per heavy atom. The Morgan fingerprint density at radius 2 is 1.96 bits per heavy atom. The lowest BCUT2D eigenvalue weighted by atomic mass is 9.87. The van der Waals surface area contributed by atoms with Gasteiger partial charge < -0.3 is 11.5 Å². The zero-order chi connectivity index (χ0) is 17.5. The molecular formula is C14H16ClFN6O2. The summed E-state index contributed by atoms with van der Waals surface area (Å²) in [6, 6.07) is 2.01. The summed E-state index contributed by atoms with van der Waals surface area (Å²) >= 11 is 6.07. The number of aliphatic imine (C=N–C) groups is 2. The van der Waals surface area contributed by atoms with Crippen LogP contribution in [0.15, 0.2) is 22.1 Å². The number of guanidine groups is 2. The lowest BCUT2D eigenvalue weighted by molar-refractivity contribution is -0.384. The predicted octanol–water partition coefficient (Wildman–Crippen LogP) is 2.50. The van der Waals surface area contributed by atoms with E-state index in [1.165, 1.54) is 4.90 Å². The second-order valence-electron chi connectivity index (χ2n) is 5.80. The third kappa shape index (κ3) is 2.54. The van der Waals surface area contributed by atoms with Gasteiger partial charge in [-0.1, -0.05) is 18.0 Å². The molecule has 1 aromatic carbocycles. The van der Waals surface area contributed by atoms with Gasteiger partial charge in [0.1, 0.15) is 22.2 Å². The number of hydrogen-bond acceptors (Lipinski definition) is 7. The molecule has 0 saturated heterocycles. The fourth-order valence-corrected chi connectivity index (χ4v) is 3.58. The van der Waals surface area contributed by atoms with Crippen LogP contribution in [0.1, 0.15) is 32.1 Å². The molecule has 0 atom stereocenters. The number of anilines is 1. The fraction of sp³-hybridized carbons (Fsp3) is 0.429. The standard InChI is InChI=1S/C14H16ClFN6O2/c15-10-8(16)4-5-9(22(23)24)11(10)21-13(18)19-12(17)20-14(21)6-2-1-3-7-14/h4-5H,1-3,6-7H2,(H4,17,18,19,20). The van der Waals surface area contributed by atoms with E-state index in [4.69, 9.17) is 23.1 Å². The fourth-order valence-electron chi connectivity index (χ4n) is 3.33. The Kier molecular flexibility index (Phi) is 4.04. The van der Waals surface area contributed by atoms with Gasteiger partial charge in [-0.3, -0.25) is 15.0 Å². The van der Waals surface area contributed by atoms with Crippen LogP contribution >= 0.6 is 11.6 Å². The van der Waals surface area contributed by atoms with Gasteiger partial charge in [0.2, 0.25) is 11.9 Å². The van der Waals surface area contributed by atoms with E-state index < -0.39 is 16.4 Å². The highest BCUT2D eigenvalue weighted by Gasteiger charge is 2.46. The first-order valence-electron chi connectivity index (χ1n) is 7.48. The molecule has 1 heterocycles. The second-order valence-corrected chi connectivity index (χ2v) is 6.18. The molecule has 0 amide bonds. The zero-order valence-corrected chi connectivity index (χ0v) is 13.5. The Labute approximate surface area is 142 Å². The summed E-state index contributed by atoms with van der Waals surface area (Å²) in [6.45, 7) is 0. The first-order valence-corrected chi connectivity index (χ1v) is 7.86. The van der Waals surface area contributed by atoms with Crippen molar-refractivity contribution in [1.29, 1.82) is 0 Å². The van der Waals surface area contributed by atoms with Crippen molar-refractivity contribution >= 4 is 34.9 Å². The minimum Gasteiger partial charge on any atom is -0.369 e. The summed E-state index contributed by atoms with van der Waals surface area (Å²) in [5.74, 6) is -0.862. The van der Waals surface area contributed by atoms with Gasteiger partial charge in [0, 0.05) is 6.07 Å². The Morgan fingerprint density at radius 3 is 2.58 bits per heavy atom. The van der Waals surface area contributed by atoms with E-state index in [9.17, 15) is 14.5 Å². The third-order valence-electron chi connectivity index (χ3n) is 4.32. The molecule has 1 aliphatic heterocycles. The molecule has 1 aromatic rings. The molecular weight excluding hydrogens is 339 g/mol. The average molecular weight is 355 g/mol. The summed E-state index contributed by atoms with van der Waals surface area (Å²) in [7, 11) is 0. The van der Waals surface area contributed by atoms with Gasteiger partial charge in [-0.15, -0.1) is 0 Å². The van der Waals surface area contributed by atoms with Crippen molar-refractivity contribution in [3.63, 3.8) is 0 Å². The third-order valence-corrected chi connectivity index (χ3v) is 4.68. The molecule has 8 nitrogen and oxygen atoms in total. The highest BCUT2D eigenvalue weighted by molar-refractivity contribution is 6.34. The van der Waals surface area contributed by atoms with Crippen molar-refractivity contribution in [2.75, 3.05) is 4.90 Å². The maximum atomic E-state index is 14.0. The molecule has 10 heteroatoms. The monoisotopic (exact) mass is 354 g/mol. The zero-order valence-electron chi connectivity index (χ0n) is 12.7. The molecule has 2 aliphatic rings. The van der Waals surface area contributed by atoms with E-state index in [0.29, 0.717) is 12.8 Å². The maximum absolute atomic E-state index is 14.0. The summed E-state index contributed by atoms with van der Waals surface area (Å²) in [5, 5.41) is 11.0. The van der Waals surface area contributed by atoms with Crippen molar-refractivity contribution in [3.8, 4) is 0 Å². The number of nitrogens with zero attached hydrogens (tertiary/aromatic N) is 4. The molecule has 1 spiro atoms. The van der Waals surface area contributed by atoms with E-state index in [0.717, 1.165) is 31.4 Å². The molecule has 1 saturated carbocycles. The maximum Gasteiger partial charge on any atom is 0.294 e. The molecule has 0 bridgehead atoms. The second kappa shape index (κ2) is 5.90. The molecule has 1 aliphatic carbocycles. The molecule has 1 fully saturated rings. The summed E-state index contributed by atoms with van der Waals surface area (Å²) in [6.07, 6.45) is 3.80. The minimum absolute atomic E-state index is 0.000767. The minimum atomic E-state index is -0.934. The molecule has 128 valence electrons. The Bertz CT molecular complexity index is 760. The predicted molar refractivity (Wildman–Crippen MR) is 89.6 cm³/mol. The van der Waals surface area contributed by atoms with Crippen LogP contribution in [0.5, 0.6) is 0 Å². The van der Waals surface area contributed by atoms with E-state index in [1.54, 1.807) is 0 Å². The van der Waals surface area contributed by atoms with Crippen LogP contribution in [0.2, 0.25) is 5.02 Å². The molecule has 0 radical (unpaired) electrons. The normalized spacial score (nSPS) is 19.8. The van der Waals surface area contributed by atoms with Gasteiger partial charge in [0.25, 0.3) is 5.69 Å². The highest BCUT2D eigenvalue weighted by atomic mass is 35.5. The van der Waals surface area contributed by atoms with Crippen LogP contribution in [0.4, 0.5) is 15.8 Å². The number of nitrogens with two attached hydrogens (primary N) is 2.